The van der Waals surface area contributed by atoms with E-state index in [0.717, 1.165) is 5.56 Å². The topological polar surface area (TPSA) is 89.4 Å². The number of hydrogen-bond acceptors (Lipinski definition) is 5. The van der Waals surface area contributed by atoms with Crippen molar-refractivity contribution in [1.29, 1.82) is 0 Å². The molecule has 0 fully saturated rings. The first-order valence-electron chi connectivity index (χ1n) is 10.6. The van der Waals surface area contributed by atoms with Crippen LogP contribution in [0.2, 0.25) is 0 Å². The van der Waals surface area contributed by atoms with Crippen LogP contribution in [0.5, 0.6) is 0 Å². The Bertz CT molecular complexity index is 1140. The molecule has 2 aromatic carbocycles. The van der Waals surface area contributed by atoms with Gasteiger partial charge in [0, 0.05) is 12.2 Å². The number of benzene rings is 2. The van der Waals surface area contributed by atoms with Crippen molar-refractivity contribution in [2.45, 2.75) is 46.8 Å². The molecule has 3 aromatic rings. The Balaban J connectivity index is 1.79. The Morgan fingerprint density at radius 1 is 1.12 bits per heavy atom. The molecule has 0 saturated carbocycles. The number of amides is 2. The molecule has 1 heterocycles. The molecule has 0 spiro atoms. The van der Waals surface area contributed by atoms with E-state index in [1.807, 2.05) is 39.8 Å². The third-order valence-corrected chi connectivity index (χ3v) is 4.84. The average molecular weight is 454 g/mol. The summed E-state index contributed by atoms with van der Waals surface area (Å²) in [6.07, 6.45) is -0.427. The largest absolute Gasteiger partial charge is 0.444 e. The highest BCUT2D eigenvalue weighted by atomic mass is 19.1. The van der Waals surface area contributed by atoms with Crippen LogP contribution in [-0.2, 0) is 11.3 Å². The van der Waals surface area contributed by atoms with Gasteiger partial charge in [-0.1, -0.05) is 23.4 Å². The van der Waals surface area contributed by atoms with Crippen molar-refractivity contribution in [3.63, 3.8) is 0 Å². The Hall–Kier alpha value is -3.75. The van der Waals surface area contributed by atoms with Gasteiger partial charge in [0.15, 0.2) is 5.69 Å². The molecule has 1 aromatic heterocycles. The van der Waals surface area contributed by atoms with Crippen molar-refractivity contribution in [2.24, 2.45) is 0 Å². The van der Waals surface area contributed by atoms with Gasteiger partial charge in [0.05, 0.1) is 17.9 Å². The minimum atomic E-state index is -0.605. The number of ether oxygens (including phenoxy) is 1. The zero-order chi connectivity index (χ0) is 24.2. The maximum atomic E-state index is 13.2. The summed E-state index contributed by atoms with van der Waals surface area (Å²) in [4.78, 5) is 27.1. The molecule has 0 radical (unpaired) electrons. The van der Waals surface area contributed by atoms with E-state index in [2.05, 4.69) is 15.6 Å². The van der Waals surface area contributed by atoms with Gasteiger partial charge in [0.2, 0.25) is 0 Å². The van der Waals surface area contributed by atoms with Crippen LogP contribution in [0.25, 0.3) is 5.69 Å². The molecule has 0 bridgehead atoms. The van der Waals surface area contributed by atoms with Gasteiger partial charge in [0.1, 0.15) is 11.4 Å². The van der Waals surface area contributed by atoms with Crippen LogP contribution < -0.4 is 5.32 Å². The maximum Gasteiger partial charge on any atom is 0.410 e. The molecule has 0 saturated heterocycles. The van der Waals surface area contributed by atoms with Crippen LogP contribution in [-0.4, -0.2) is 44.0 Å². The first-order chi connectivity index (χ1) is 15.6. The van der Waals surface area contributed by atoms with E-state index < -0.39 is 17.6 Å². The number of halogens is 1. The summed E-state index contributed by atoms with van der Waals surface area (Å²) in [5.41, 5.74) is 1.96. The van der Waals surface area contributed by atoms with Gasteiger partial charge in [-0.2, -0.15) is 0 Å². The molecule has 3 rings (SSSR count). The van der Waals surface area contributed by atoms with E-state index in [1.54, 1.807) is 36.1 Å². The van der Waals surface area contributed by atoms with Crippen molar-refractivity contribution >= 4 is 17.7 Å². The Morgan fingerprint density at radius 3 is 2.42 bits per heavy atom. The highest BCUT2D eigenvalue weighted by molar-refractivity contribution is 6.04. The van der Waals surface area contributed by atoms with Gasteiger partial charge in [-0.15, -0.1) is 5.10 Å². The number of carbonyl (C=O) groups is 2. The predicted octanol–water partition coefficient (Wildman–Crippen LogP) is 4.72. The third-order valence-electron chi connectivity index (χ3n) is 4.84. The third kappa shape index (κ3) is 5.94. The molecular weight excluding hydrogens is 425 g/mol. The molecule has 0 aliphatic heterocycles. The predicted molar refractivity (Wildman–Crippen MR) is 123 cm³/mol. The van der Waals surface area contributed by atoms with E-state index in [-0.39, 0.29) is 18.1 Å². The Morgan fingerprint density at radius 2 is 1.79 bits per heavy atom. The summed E-state index contributed by atoms with van der Waals surface area (Å²) >= 11 is 0. The number of hydrogen-bond donors (Lipinski definition) is 1. The van der Waals surface area contributed by atoms with Crippen LogP contribution in [0.15, 0.2) is 48.5 Å². The minimum absolute atomic E-state index is 0.147. The van der Waals surface area contributed by atoms with E-state index in [0.29, 0.717) is 23.6 Å². The van der Waals surface area contributed by atoms with Crippen molar-refractivity contribution < 1.29 is 18.7 Å². The quantitative estimate of drug-likeness (QED) is 0.583. The molecule has 33 heavy (non-hydrogen) atoms. The summed E-state index contributed by atoms with van der Waals surface area (Å²) < 4.78 is 20.2. The maximum absolute atomic E-state index is 13.2. The fraction of sp³-hybridized carbons (Fsp3) is 0.333. The second kappa shape index (κ2) is 9.81. The summed E-state index contributed by atoms with van der Waals surface area (Å²) in [6, 6.07) is 13.0. The number of nitrogens with one attached hydrogen (secondary N) is 1. The SMILES string of the molecule is CCN(Cc1ccccc1NC(=O)c1nnn(-c2ccc(F)cc2)c1C)C(=O)OC(C)(C)C. The molecular formula is C24H28FN5O3. The lowest BCUT2D eigenvalue weighted by Crippen LogP contribution is -2.36. The second-order valence-corrected chi connectivity index (χ2v) is 8.52. The van der Waals surface area contributed by atoms with E-state index in [9.17, 15) is 14.0 Å². The fourth-order valence-electron chi connectivity index (χ4n) is 3.17. The van der Waals surface area contributed by atoms with Gasteiger partial charge in [-0.3, -0.25) is 4.79 Å². The molecule has 8 nitrogen and oxygen atoms in total. The number of nitrogens with zero attached hydrogens (tertiary/aromatic N) is 4. The first-order valence-corrected chi connectivity index (χ1v) is 10.6. The molecule has 0 atom stereocenters. The van der Waals surface area contributed by atoms with Crippen LogP contribution in [0.3, 0.4) is 0 Å². The van der Waals surface area contributed by atoms with Crippen molar-refractivity contribution in [3.05, 3.63) is 71.3 Å². The van der Waals surface area contributed by atoms with Crippen LogP contribution >= 0.6 is 0 Å². The summed E-state index contributed by atoms with van der Waals surface area (Å²) in [5.74, 6) is -0.799. The summed E-state index contributed by atoms with van der Waals surface area (Å²) in [6.45, 7) is 9.73. The highest BCUT2D eigenvalue weighted by Gasteiger charge is 2.23. The number of para-hydroxylation sites is 1. The number of anilines is 1. The molecule has 174 valence electrons. The zero-order valence-electron chi connectivity index (χ0n) is 19.4. The lowest BCUT2D eigenvalue weighted by Gasteiger charge is -2.27. The standard InChI is InChI=1S/C24H28FN5O3/c1-6-29(23(32)33-24(3,4)5)15-17-9-7-8-10-20(17)26-22(31)21-16(2)30(28-27-21)19-13-11-18(25)12-14-19/h7-14H,6,15H2,1-5H3,(H,26,31). The summed E-state index contributed by atoms with van der Waals surface area (Å²) in [5, 5.41) is 10.9. The lowest BCUT2D eigenvalue weighted by molar-refractivity contribution is 0.0245. The Kier molecular flexibility index (Phi) is 7.10. The lowest BCUT2D eigenvalue weighted by atomic mass is 10.1. The molecule has 0 unspecified atom stereocenters. The number of carbonyl (C=O) groups excluding carboxylic acids is 2. The van der Waals surface area contributed by atoms with Crippen molar-refractivity contribution in [1.82, 2.24) is 19.9 Å². The van der Waals surface area contributed by atoms with Crippen LogP contribution in [0.1, 0.15) is 49.4 Å². The van der Waals surface area contributed by atoms with Gasteiger partial charge >= 0.3 is 6.09 Å². The molecule has 2 amide bonds. The summed E-state index contributed by atoms with van der Waals surface area (Å²) in [7, 11) is 0. The Labute approximate surface area is 192 Å². The molecule has 0 aliphatic carbocycles. The van der Waals surface area contributed by atoms with Crippen LogP contribution in [0.4, 0.5) is 14.9 Å². The fourth-order valence-corrected chi connectivity index (χ4v) is 3.17. The molecule has 0 aliphatic rings. The highest BCUT2D eigenvalue weighted by Crippen LogP contribution is 2.21. The zero-order valence-corrected chi connectivity index (χ0v) is 19.4. The van der Waals surface area contributed by atoms with Crippen LogP contribution in [0, 0.1) is 12.7 Å². The minimum Gasteiger partial charge on any atom is -0.444 e. The van der Waals surface area contributed by atoms with Crippen molar-refractivity contribution in [2.75, 3.05) is 11.9 Å². The van der Waals surface area contributed by atoms with E-state index >= 15 is 0 Å². The van der Waals surface area contributed by atoms with Gasteiger partial charge in [-0.05, 0) is 70.5 Å². The monoisotopic (exact) mass is 453 g/mol. The normalized spacial score (nSPS) is 11.2. The van der Waals surface area contributed by atoms with Gasteiger partial charge in [0.25, 0.3) is 5.91 Å². The number of aromatic nitrogens is 3. The smallest absolute Gasteiger partial charge is 0.410 e. The van der Waals surface area contributed by atoms with Gasteiger partial charge < -0.3 is 15.0 Å². The molecule has 1 N–H and O–H groups in total. The number of rotatable bonds is 6. The average Bonchev–Trinajstić information content (AvgIpc) is 3.13. The first kappa shape index (κ1) is 23.9. The van der Waals surface area contributed by atoms with Crippen molar-refractivity contribution in [3.8, 4) is 5.69 Å². The van der Waals surface area contributed by atoms with Gasteiger partial charge in [-0.25, -0.2) is 13.9 Å². The van der Waals surface area contributed by atoms with E-state index in [1.165, 1.54) is 16.8 Å². The second-order valence-electron chi connectivity index (χ2n) is 8.52. The van der Waals surface area contributed by atoms with E-state index in [4.69, 9.17) is 4.74 Å². The molecule has 9 heteroatoms.